The molecular formula is C15H15BrN2O4S. The molecule has 0 aliphatic rings. The minimum atomic E-state index is -3.81. The summed E-state index contributed by atoms with van der Waals surface area (Å²) in [4.78, 5) is 14.0. The summed E-state index contributed by atoms with van der Waals surface area (Å²) in [7, 11) is -3.81. The summed E-state index contributed by atoms with van der Waals surface area (Å²) in [5.41, 5.74) is 2.14. The van der Waals surface area contributed by atoms with Gasteiger partial charge in [-0.2, -0.15) is 0 Å². The van der Waals surface area contributed by atoms with Gasteiger partial charge < -0.3 is 4.74 Å². The standard InChI is InChI=1S/C15H15BrN2O4S/c1-11(22-13-7-5-6-12(16)10-13)15(19)17-18-23(20,21)14-8-3-2-4-9-14/h2-11,18H,1H3,(H,17,19)/t11-/m1/s1. The SMILES string of the molecule is C[C@@H](Oc1cccc(Br)c1)C(=O)NNS(=O)(=O)c1ccccc1. The van der Waals surface area contributed by atoms with E-state index in [2.05, 4.69) is 21.4 Å². The number of hydrazine groups is 1. The first kappa shape index (κ1) is 17.5. The van der Waals surface area contributed by atoms with Gasteiger partial charge in [-0.1, -0.05) is 40.2 Å². The molecule has 6 nitrogen and oxygen atoms in total. The maximum Gasteiger partial charge on any atom is 0.275 e. The first-order valence-electron chi connectivity index (χ1n) is 6.67. The lowest BCUT2D eigenvalue weighted by Crippen LogP contribution is -2.47. The average Bonchev–Trinajstić information content (AvgIpc) is 2.53. The number of rotatable bonds is 6. The van der Waals surface area contributed by atoms with Crippen LogP contribution in [-0.2, 0) is 14.8 Å². The zero-order valence-electron chi connectivity index (χ0n) is 12.2. The van der Waals surface area contributed by atoms with Crippen molar-refractivity contribution >= 4 is 31.9 Å². The predicted octanol–water partition coefficient (Wildman–Crippen LogP) is 2.23. The molecule has 0 saturated carbocycles. The monoisotopic (exact) mass is 398 g/mol. The average molecular weight is 399 g/mol. The third-order valence-electron chi connectivity index (χ3n) is 2.84. The van der Waals surface area contributed by atoms with E-state index in [0.717, 1.165) is 4.47 Å². The lowest BCUT2D eigenvalue weighted by atomic mass is 10.3. The Morgan fingerprint density at radius 2 is 1.83 bits per heavy atom. The molecule has 0 unspecified atom stereocenters. The highest BCUT2D eigenvalue weighted by Gasteiger charge is 2.19. The Kier molecular flexibility index (Phi) is 5.75. The van der Waals surface area contributed by atoms with Gasteiger partial charge in [0.25, 0.3) is 15.9 Å². The third kappa shape index (κ3) is 5.05. The Balaban J connectivity index is 1.94. The van der Waals surface area contributed by atoms with Crippen LogP contribution in [-0.4, -0.2) is 20.4 Å². The number of carbonyl (C=O) groups is 1. The van der Waals surface area contributed by atoms with Gasteiger partial charge in [0, 0.05) is 4.47 Å². The number of sulfonamides is 1. The Morgan fingerprint density at radius 1 is 1.13 bits per heavy atom. The first-order valence-corrected chi connectivity index (χ1v) is 8.95. The van der Waals surface area contributed by atoms with Gasteiger partial charge in [-0.15, -0.1) is 4.83 Å². The van der Waals surface area contributed by atoms with E-state index in [1.807, 2.05) is 10.9 Å². The molecule has 23 heavy (non-hydrogen) atoms. The van der Waals surface area contributed by atoms with Crippen molar-refractivity contribution in [3.05, 3.63) is 59.1 Å². The quantitative estimate of drug-likeness (QED) is 0.730. The van der Waals surface area contributed by atoms with Crippen molar-refractivity contribution in [2.45, 2.75) is 17.9 Å². The van der Waals surface area contributed by atoms with E-state index in [1.54, 1.807) is 36.4 Å². The Hall–Kier alpha value is -1.90. The van der Waals surface area contributed by atoms with E-state index in [4.69, 9.17) is 4.74 Å². The van der Waals surface area contributed by atoms with Gasteiger partial charge in [-0.25, -0.2) is 8.42 Å². The molecule has 0 heterocycles. The fraction of sp³-hybridized carbons (Fsp3) is 0.133. The van der Waals surface area contributed by atoms with Crippen molar-refractivity contribution in [3.63, 3.8) is 0 Å². The molecule has 2 N–H and O–H groups in total. The zero-order valence-corrected chi connectivity index (χ0v) is 14.6. The van der Waals surface area contributed by atoms with E-state index in [1.165, 1.54) is 19.1 Å². The van der Waals surface area contributed by atoms with Crippen molar-refractivity contribution < 1.29 is 17.9 Å². The van der Waals surface area contributed by atoms with E-state index in [-0.39, 0.29) is 4.90 Å². The number of hydrogen-bond donors (Lipinski definition) is 2. The molecule has 0 radical (unpaired) electrons. The van der Waals surface area contributed by atoms with Crippen LogP contribution >= 0.6 is 15.9 Å². The van der Waals surface area contributed by atoms with Crippen LogP contribution in [0.1, 0.15) is 6.92 Å². The van der Waals surface area contributed by atoms with Crippen molar-refractivity contribution in [1.82, 2.24) is 10.3 Å². The van der Waals surface area contributed by atoms with Gasteiger partial charge in [-0.05, 0) is 37.3 Å². The molecule has 1 amide bonds. The molecule has 8 heteroatoms. The van der Waals surface area contributed by atoms with Crippen molar-refractivity contribution in [3.8, 4) is 5.75 Å². The van der Waals surface area contributed by atoms with Crippen LogP contribution in [0.4, 0.5) is 0 Å². The van der Waals surface area contributed by atoms with E-state index >= 15 is 0 Å². The molecule has 122 valence electrons. The molecule has 0 spiro atoms. The lowest BCUT2D eigenvalue weighted by molar-refractivity contribution is -0.127. The maximum absolute atomic E-state index is 12.0. The third-order valence-corrected chi connectivity index (χ3v) is 4.60. The number of ether oxygens (including phenoxy) is 1. The fourth-order valence-corrected chi connectivity index (χ4v) is 2.92. The zero-order chi connectivity index (χ0) is 16.9. The Bertz CT molecular complexity index is 781. The second kappa shape index (κ2) is 7.58. The van der Waals surface area contributed by atoms with Gasteiger partial charge in [0.05, 0.1) is 4.90 Å². The minimum absolute atomic E-state index is 0.0564. The molecule has 2 aromatic rings. The van der Waals surface area contributed by atoms with Gasteiger partial charge in [0.1, 0.15) is 5.75 Å². The Morgan fingerprint density at radius 3 is 2.48 bits per heavy atom. The summed E-state index contributed by atoms with van der Waals surface area (Å²) >= 11 is 3.30. The van der Waals surface area contributed by atoms with Crippen LogP contribution in [0.15, 0.2) is 64.0 Å². The number of benzene rings is 2. The van der Waals surface area contributed by atoms with Gasteiger partial charge in [0.2, 0.25) is 0 Å². The van der Waals surface area contributed by atoms with Crippen LogP contribution in [0.25, 0.3) is 0 Å². The maximum atomic E-state index is 12.0. The number of halogens is 1. The largest absolute Gasteiger partial charge is 0.481 e. The number of carbonyl (C=O) groups excluding carboxylic acids is 1. The molecular weight excluding hydrogens is 384 g/mol. The summed E-state index contributed by atoms with van der Waals surface area (Å²) in [5, 5.41) is 0. The second-order valence-electron chi connectivity index (χ2n) is 4.63. The minimum Gasteiger partial charge on any atom is -0.481 e. The topological polar surface area (TPSA) is 84.5 Å². The molecule has 1 atom stereocenters. The normalized spacial score (nSPS) is 12.4. The van der Waals surface area contributed by atoms with Gasteiger partial charge in [-0.3, -0.25) is 10.2 Å². The van der Waals surface area contributed by atoms with Crippen LogP contribution in [0.2, 0.25) is 0 Å². The van der Waals surface area contributed by atoms with Crippen molar-refractivity contribution in [2.24, 2.45) is 0 Å². The van der Waals surface area contributed by atoms with E-state index < -0.39 is 22.0 Å². The van der Waals surface area contributed by atoms with Crippen LogP contribution in [0.5, 0.6) is 5.75 Å². The predicted molar refractivity (Wildman–Crippen MR) is 89.1 cm³/mol. The smallest absolute Gasteiger partial charge is 0.275 e. The van der Waals surface area contributed by atoms with Gasteiger partial charge >= 0.3 is 0 Å². The van der Waals surface area contributed by atoms with E-state index in [0.29, 0.717) is 5.75 Å². The summed E-state index contributed by atoms with van der Waals surface area (Å²) in [6, 6.07) is 14.7. The highest BCUT2D eigenvalue weighted by molar-refractivity contribution is 9.10. The van der Waals surface area contributed by atoms with Crippen LogP contribution in [0, 0.1) is 0 Å². The highest BCUT2D eigenvalue weighted by atomic mass is 79.9. The summed E-state index contributed by atoms with van der Waals surface area (Å²) in [5.74, 6) is -0.113. The van der Waals surface area contributed by atoms with Crippen LogP contribution in [0.3, 0.4) is 0 Å². The lowest BCUT2D eigenvalue weighted by Gasteiger charge is -2.15. The molecule has 0 aliphatic carbocycles. The first-order chi connectivity index (χ1) is 10.9. The van der Waals surface area contributed by atoms with Crippen molar-refractivity contribution in [2.75, 3.05) is 0 Å². The molecule has 2 aromatic carbocycles. The van der Waals surface area contributed by atoms with Crippen LogP contribution < -0.4 is 15.0 Å². The molecule has 2 rings (SSSR count). The number of amides is 1. The van der Waals surface area contributed by atoms with Gasteiger partial charge in [0.15, 0.2) is 6.10 Å². The molecule has 0 saturated heterocycles. The highest BCUT2D eigenvalue weighted by Crippen LogP contribution is 2.18. The molecule has 0 aromatic heterocycles. The number of nitrogens with one attached hydrogen (secondary N) is 2. The van der Waals surface area contributed by atoms with E-state index in [9.17, 15) is 13.2 Å². The summed E-state index contributed by atoms with van der Waals surface area (Å²) in [6.45, 7) is 1.52. The molecule has 0 fully saturated rings. The molecule has 0 aliphatic heterocycles. The van der Waals surface area contributed by atoms with Crippen molar-refractivity contribution in [1.29, 1.82) is 0 Å². The fourth-order valence-electron chi connectivity index (χ4n) is 1.68. The summed E-state index contributed by atoms with van der Waals surface area (Å²) < 4.78 is 30.2. The Labute approximate surface area is 143 Å². The molecule has 0 bridgehead atoms. The summed E-state index contributed by atoms with van der Waals surface area (Å²) in [6.07, 6.45) is -0.872. The number of hydrogen-bond acceptors (Lipinski definition) is 4. The second-order valence-corrected chi connectivity index (χ2v) is 7.22.